The van der Waals surface area contributed by atoms with Crippen LogP contribution in [0.25, 0.3) is 0 Å². The van der Waals surface area contributed by atoms with Crippen LogP contribution in [0.5, 0.6) is 0 Å². The molecule has 0 aliphatic carbocycles. The number of amides is 2. The lowest BCUT2D eigenvalue weighted by molar-refractivity contribution is -0.134. The highest BCUT2D eigenvalue weighted by atomic mass is 32.1. The maximum atomic E-state index is 14.0. The van der Waals surface area contributed by atoms with Crippen molar-refractivity contribution in [3.8, 4) is 0 Å². The van der Waals surface area contributed by atoms with Gasteiger partial charge in [-0.15, -0.1) is 22.7 Å². The molecule has 5 rings (SSSR count). The van der Waals surface area contributed by atoms with Gasteiger partial charge in [0.25, 0.3) is 0 Å². The zero-order valence-electron chi connectivity index (χ0n) is 19.0. The van der Waals surface area contributed by atoms with Gasteiger partial charge in [0.05, 0.1) is 19.0 Å². The summed E-state index contributed by atoms with van der Waals surface area (Å²) < 4.78 is 14.0. The molecule has 5 nitrogen and oxygen atoms in total. The van der Waals surface area contributed by atoms with Crippen molar-refractivity contribution in [2.45, 2.75) is 25.3 Å². The Kier molecular flexibility index (Phi) is 7.08. The second-order valence-electron chi connectivity index (χ2n) is 8.85. The Morgan fingerprint density at radius 3 is 2.50 bits per heavy atom. The number of nitrogens with zero attached hydrogens (tertiary/aromatic N) is 3. The minimum absolute atomic E-state index is 0.0765. The van der Waals surface area contributed by atoms with E-state index in [0.29, 0.717) is 39.1 Å². The van der Waals surface area contributed by atoms with Crippen molar-refractivity contribution < 1.29 is 14.0 Å². The standard InChI is InChI=1S/C26H28FN3O2S2/c27-20-5-1-4-19(16-20)26-22-8-15-34-23(22)7-11-30(26)18-25(32)29-10-3-9-28(12-13-29)24(31)17-21-6-2-14-33-21/h1-2,4-6,8,14-16,26H,3,7,9-13,17-18H2. The maximum Gasteiger partial charge on any atom is 0.236 e. The number of carbonyl (C=O) groups excluding carboxylic acids is 2. The maximum absolute atomic E-state index is 14.0. The van der Waals surface area contributed by atoms with Gasteiger partial charge in [-0.25, -0.2) is 4.39 Å². The monoisotopic (exact) mass is 497 g/mol. The molecule has 8 heteroatoms. The zero-order valence-corrected chi connectivity index (χ0v) is 20.6. The van der Waals surface area contributed by atoms with Crippen LogP contribution in [0.2, 0.25) is 0 Å². The minimum atomic E-state index is -0.258. The third kappa shape index (κ3) is 5.09. The first kappa shape index (κ1) is 23.2. The molecule has 0 spiro atoms. The molecule has 178 valence electrons. The van der Waals surface area contributed by atoms with Gasteiger partial charge in [0.1, 0.15) is 5.82 Å². The van der Waals surface area contributed by atoms with E-state index in [2.05, 4.69) is 16.3 Å². The summed E-state index contributed by atoms with van der Waals surface area (Å²) in [5.41, 5.74) is 2.06. The molecule has 0 N–H and O–H groups in total. The molecular weight excluding hydrogens is 469 g/mol. The molecular formula is C26H28FN3O2S2. The Morgan fingerprint density at radius 2 is 1.74 bits per heavy atom. The van der Waals surface area contributed by atoms with E-state index in [1.54, 1.807) is 34.8 Å². The summed E-state index contributed by atoms with van der Waals surface area (Å²) >= 11 is 3.33. The molecule has 2 amide bonds. The lowest BCUT2D eigenvalue weighted by Crippen LogP contribution is -2.45. The van der Waals surface area contributed by atoms with Crippen molar-refractivity contribution >= 4 is 34.5 Å². The number of thiophene rings is 2. The molecule has 4 heterocycles. The molecule has 0 radical (unpaired) electrons. The lowest BCUT2D eigenvalue weighted by Gasteiger charge is -2.37. The average molecular weight is 498 g/mol. The van der Waals surface area contributed by atoms with Crippen molar-refractivity contribution in [1.82, 2.24) is 14.7 Å². The molecule has 2 aliphatic rings. The summed E-state index contributed by atoms with van der Waals surface area (Å²) in [7, 11) is 0. The molecule has 2 aliphatic heterocycles. The number of hydrogen-bond donors (Lipinski definition) is 0. The van der Waals surface area contributed by atoms with Gasteiger partial charge < -0.3 is 9.80 Å². The Hall–Kier alpha value is -2.55. The summed E-state index contributed by atoms with van der Waals surface area (Å²) in [5, 5.41) is 4.07. The largest absolute Gasteiger partial charge is 0.341 e. The van der Waals surface area contributed by atoms with Crippen molar-refractivity contribution in [2.75, 3.05) is 39.3 Å². The smallest absolute Gasteiger partial charge is 0.236 e. The van der Waals surface area contributed by atoms with Crippen LogP contribution >= 0.6 is 22.7 Å². The lowest BCUT2D eigenvalue weighted by atomic mass is 9.93. The van der Waals surface area contributed by atoms with E-state index >= 15 is 0 Å². The number of benzene rings is 1. The van der Waals surface area contributed by atoms with E-state index in [4.69, 9.17) is 0 Å². The highest BCUT2D eigenvalue weighted by molar-refractivity contribution is 7.10. The van der Waals surface area contributed by atoms with Crippen LogP contribution in [-0.2, 0) is 22.4 Å². The molecule has 1 saturated heterocycles. The normalized spacial score (nSPS) is 19.0. The Bertz CT molecular complexity index is 1150. The van der Waals surface area contributed by atoms with Crippen molar-refractivity contribution in [3.63, 3.8) is 0 Å². The van der Waals surface area contributed by atoms with Crippen LogP contribution in [0.3, 0.4) is 0 Å². The van der Waals surface area contributed by atoms with E-state index in [1.165, 1.54) is 16.5 Å². The Morgan fingerprint density at radius 1 is 0.912 bits per heavy atom. The van der Waals surface area contributed by atoms with E-state index in [0.717, 1.165) is 29.8 Å². The predicted octanol–water partition coefficient (Wildman–Crippen LogP) is 4.20. The second kappa shape index (κ2) is 10.4. The Labute approximate surface area is 207 Å². The topological polar surface area (TPSA) is 43.9 Å². The Balaban J connectivity index is 1.25. The number of carbonyl (C=O) groups is 2. The quantitative estimate of drug-likeness (QED) is 0.531. The van der Waals surface area contributed by atoms with Crippen LogP contribution in [0.1, 0.15) is 33.3 Å². The van der Waals surface area contributed by atoms with Crippen molar-refractivity contribution in [3.05, 3.63) is 79.9 Å². The molecule has 1 unspecified atom stereocenters. The zero-order chi connectivity index (χ0) is 23.5. The van der Waals surface area contributed by atoms with Gasteiger partial charge in [-0.2, -0.15) is 0 Å². The number of hydrogen-bond acceptors (Lipinski definition) is 5. The van der Waals surface area contributed by atoms with Gasteiger partial charge in [-0.3, -0.25) is 14.5 Å². The summed E-state index contributed by atoms with van der Waals surface area (Å²) in [4.78, 5) is 34.4. The fourth-order valence-electron chi connectivity index (χ4n) is 4.97. The average Bonchev–Trinajstić information content (AvgIpc) is 3.45. The van der Waals surface area contributed by atoms with E-state index in [1.807, 2.05) is 33.4 Å². The third-order valence-electron chi connectivity index (χ3n) is 6.68. The van der Waals surface area contributed by atoms with Gasteiger partial charge in [0, 0.05) is 42.5 Å². The van der Waals surface area contributed by atoms with Gasteiger partial charge >= 0.3 is 0 Å². The summed E-state index contributed by atoms with van der Waals surface area (Å²) in [6.07, 6.45) is 2.11. The molecule has 2 aromatic heterocycles. The van der Waals surface area contributed by atoms with Crippen LogP contribution in [0, 0.1) is 5.82 Å². The molecule has 34 heavy (non-hydrogen) atoms. The van der Waals surface area contributed by atoms with E-state index in [-0.39, 0.29) is 23.7 Å². The number of halogens is 1. The summed E-state index contributed by atoms with van der Waals surface area (Å²) in [6.45, 7) is 3.51. The van der Waals surface area contributed by atoms with E-state index in [9.17, 15) is 14.0 Å². The van der Waals surface area contributed by atoms with E-state index < -0.39 is 0 Å². The summed E-state index contributed by atoms with van der Waals surface area (Å²) in [5.74, 6) is -0.0532. The fourth-order valence-corrected chi connectivity index (χ4v) is 6.57. The summed E-state index contributed by atoms with van der Waals surface area (Å²) in [6, 6.07) is 12.7. The van der Waals surface area contributed by atoms with Crippen LogP contribution in [0.15, 0.2) is 53.2 Å². The number of fused-ring (bicyclic) bond motifs is 1. The van der Waals surface area contributed by atoms with Gasteiger partial charge in [-0.1, -0.05) is 18.2 Å². The molecule has 1 fully saturated rings. The van der Waals surface area contributed by atoms with Crippen LogP contribution < -0.4 is 0 Å². The second-order valence-corrected chi connectivity index (χ2v) is 10.9. The number of rotatable bonds is 5. The first-order valence-electron chi connectivity index (χ1n) is 11.7. The highest BCUT2D eigenvalue weighted by Crippen LogP contribution is 2.37. The first-order chi connectivity index (χ1) is 16.6. The third-order valence-corrected chi connectivity index (χ3v) is 8.55. The minimum Gasteiger partial charge on any atom is -0.341 e. The fraction of sp³-hybridized carbons (Fsp3) is 0.385. The highest BCUT2D eigenvalue weighted by Gasteiger charge is 2.32. The molecule has 0 bridgehead atoms. The van der Waals surface area contributed by atoms with Gasteiger partial charge in [0.15, 0.2) is 0 Å². The van der Waals surface area contributed by atoms with Crippen LogP contribution in [-0.4, -0.2) is 65.8 Å². The molecule has 3 aromatic rings. The molecule has 1 aromatic carbocycles. The molecule has 0 saturated carbocycles. The van der Waals surface area contributed by atoms with Gasteiger partial charge in [0.2, 0.25) is 11.8 Å². The predicted molar refractivity (Wildman–Crippen MR) is 134 cm³/mol. The first-order valence-corrected chi connectivity index (χ1v) is 13.5. The van der Waals surface area contributed by atoms with Crippen molar-refractivity contribution in [1.29, 1.82) is 0 Å². The SMILES string of the molecule is O=C(Cc1cccs1)N1CCCN(C(=O)CN2CCc3sccc3C2c2cccc(F)c2)CC1. The van der Waals surface area contributed by atoms with Crippen LogP contribution in [0.4, 0.5) is 4.39 Å². The van der Waals surface area contributed by atoms with Gasteiger partial charge in [-0.05, 0) is 59.0 Å². The van der Waals surface area contributed by atoms with Crippen molar-refractivity contribution in [2.24, 2.45) is 0 Å². The molecule has 1 atom stereocenters.